The van der Waals surface area contributed by atoms with Gasteiger partial charge >= 0.3 is 17.9 Å². The molecule has 0 aliphatic carbocycles. The molecule has 0 bridgehead atoms. The van der Waals surface area contributed by atoms with E-state index >= 15 is 0 Å². The van der Waals surface area contributed by atoms with Crippen LogP contribution in [0.4, 0.5) is 0 Å². The van der Waals surface area contributed by atoms with Gasteiger partial charge in [0.1, 0.15) is 13.2 Å². The number of nitrogens with one attached hydrogen (secondary N) is 1. The summed E-state index contributed by atoms with van der Waals surface area (Å²) < 4.78 is 40.7. The van der Waals surface area contributed by atoms with E-state index in [0.717, 1.165) is 12.8 Å². The third-order valence-corrected chi connectivity index (χ3v) is 10.1. The van der Waals surface area contributed by atoms with Gasteiger partial charge in [-0.05, 0) is 52.2 Å². The quantitative estimate of drug-likeness (QED) is 0.0246. The van der Waals surface area contributed by atoms with Crippen molar-refractivity contribution in [2.45, 2.75) is 134 Å². The van der Waals surface area contributed by atoms with Gasteiger partial charge in [0.25, 0.3) is 0 Å². The lowest BCUT2D eigenvalue weighted by Gasteiger charge is -2.22. The number of rotatable bonds is 32. The van der Waals surface area contributed by atoms with E-state index in [0.29, 0.717) is 25.8 Å². The normalized spacial score (nSPS) is 14.4. The minimum absolute atomic E-state index is 0.00724. The number of aliphatic hydroxyl groups is 4. The van der Waals surface area contributed by atoms with Crippen LogP contribution < -0.4 is 5.32 Å². The third-order valence-electron chi connectivity index (χ3n) is 7.39. The highest BCUT2D eigenvalue weighted by atomic mass is 33.1. The van der Waals surface area contributed by atoms with Crippen molar-refractivity contribution >= 4 is 45.4 Å². The van der Waals surface area contributed by atoms with E-state index in [1.807, 2.05) is 31.6 Å². The zero-order valence-electron chi connectivity index (χ0n) is 34.7. The second kappa shape index (κ2) is 38.7. The maximum atomic E-state index is 11.8. The number of hydrogen-bond acceptors (Lipinski definition) is 18. The Morgan fingerprint density at radius 3 is 1.39 bits per heavy atom. The summed E-state index contributed by atoms with van der Waals surface area (Å²) in [4.78, 5) is 45.0. The van der Waals surface area contributed by atoms with Gasteiger partial charge in [-0.25, -0.2) is 0 Å². The molecule has 334 valence electrons. The largest absolute Gasteiger partial charge is 0.481 e. The van der Waals surface area contributed by atoms with E-state index in [-0.39, 0.29) is 94.3 Å². The van der Waals surface area contributed by atoms with Crippen LogP contribution in [0.3, 0.4) is 0 Å². The Bertz CT molecular complexity index is 956. The van der Waals surface area contributed by atoms with Gasteiger partial charge < -0.3 is 68.7 Å². The molecular weight excluding hydrogens is 783 g/mol. The summed E-state index contributed by atoms with van der Waals surface area (Å²) in [6, 6.07) is 0. The summed E-state index contributed by atoms with van der Waals surface area (Å²) in [5, 5.41) is 46.6. The van der Waals surface area contributed by atoms with Gasteiger partial charge in [-0.15, -0.1) is 0 Å². The zero-order valence-corrected chi connectivity index (χ0v) is 36.4. The molecule has 0 heterocycles. The number of methoxy groups -OCH3 is 3. The minimum Gasteiger partial charge on any atom is -0.481 e. The Kier molecular flexibility index (Phi) is 40.4. The number of carbonyl (C=O) groups excluding carboxylic acids is 3. The molecule has 56 heavy (non-hydrogen) atoms. The highest BCUT2D eigenvalue weighted by molar-refractivity contribution is 8.76. The molecule has 1 amide bonds. The van der Waals surface area contributed by atoms with Gasteiger partial charge in [0, 0.05) is 39.0 Å². The van der Waals surface area contributed by atoms with Crippen LogP contribution in [0.1, 0.15) is 92.4 Å². The number of esters is 2. The summed E-state index contributed by atoms with van der Waals surface area (Å²) in [6.45, 7) is 9.87. The summed E-state index contributed by atoms with van der Waals surface area (Å²) >= 11 is 0. The molecule has 18 nitrogen and oxygen atoms in total. The predicted molar refractivity (Wildman–Crippen MR) is 212 cm³/mol. The first-order valence-electron chi connectivity index (χ1n) is 18.6. The van der Waals surface area contributed by atoms with E-state index in [4.69, 9.17) is 63.4 Å². The van der Waals surface area contributed by atoms with Crippen molar-refractivity contribution in [2.75, 3.05) is 73.8 Å². The molecule has 0 saturated carbocycles. The van der Waals surface area contributed by atoms with Crippen molar-refractivity contribution in [3.05, 3.63) is 0 Å². The lowest BCUT2D eigenvalue weighted by atomic mass is 10.1. The standard InChI is InChI=1S/C18H35NO6S2.C11H20O7.C7H16O4/c1-6-14(12-20)25-17(23-4)13-24-16(22)9-8-15(21)19-11-7-10-18(2,3)27-26-5;1-3-8(6-12)18-11(16-2)7-17-10(15)5-4-9(13)14;1-3-6(4-8)11-7(5-9)10-2/h14,17,20H,6-13H2,1-5H3,(H,19,21);8,11-12H,3-7H2,1-2H3,(H,13,14);6-9H,3-5H2,1-2H3. The Labute approximate surface area is 340 Å². The molecule has 0 fully saturated rings. The molecule has 0 aromatic rings. The van der Waals surface area contributed by atoms with Crippen molar-refractivity contribution in [3.63, 3.8) is 0 Å². The fourth-order valence-electron chi connectivity index (χ4n) is 3.94. The van der Waals surface area contributed by atoms with Crippen LogP contribution in [0.5, 0.6) is 0 Å². The predicted octanol–water partition coefficient (Wildman–Crippen LogP) is 2.65. The number of carboxylic acids is 1. The molecule has 6 N–H and O–H groups in total. The van der Waals surface area contributed by atoms with Gasteiger partial charge in [-0.1, -0.05) is 42.4 Å². The van der Waals surface area contributed by atoms with Crippen molar-refractivity contribution in [3.8, 4) is 0 Å². The van der Waals surface area contributed by atoms with E-state index < -0.39 is 36.8 Å². The van der Waals surface area contributed by atoms with Crippen LogP contribution in [0.2, 0.25) is 0 Å². The molecule has 0 rings (SSSR count). The second-order valence-electron chi connectivity index (χ2n) is 12.4. The molecule has 6 unspecified atom stereocenters. The van der Waals surface area contributed by atoms with Crippen LogP contribution in [0.25, 0.3) is 0 Å². The minimum atomic E-state index is -1.06. The monoisotopic (exact) mass is 853 g/mol. The van der Waals surface area contributed by atoms with Gasteiger partial charge in [0.05, 0.1) is 64.0 Å². The highest BCUT2D eigenvalue weighted by Gasteiger charge is 2.20. The summed E-state index contributed by atoms with van der Waals surface area (Å²) in [7, 11) is 7.85. The van der Waals surface area contributed by atoms with Crippen LogP contribution in [-0.2, 0) is 57.1 Å². The number of aliphatic hydroxyl groups excluding tert-OH is 4. The van der Waals surface area contributed by atoms with Gasteiger partial charge in [-0.3, -0.25) is 19.2 Å². The van der Waals surface area contributed by atoms with Crippen LogP contribution in [-0.4, -0.2) is 165 Å². The fraction of sp³-hybridized carbons (Fsp3) is 0.889. The first-order valence-corrected chi connectivity index (χ1v) is 21.1. The molecule has 0 saturated heterocycles. The number of hydrogen-bond donors (Lipinski definition) is 6. The number of carboxylic acid groups (broad SMARTS) is 1. The molecule has 0 aliphatic heterocycles. The van der Waals surface area contributed by atoms with Gasteiger partial charge in [0.15, 0.2) is 18.9 Å². The van der Waals surface area contributed by atoms with Crippen molar-refractivity contribution in [1.82, 2.24) is 5.32 Å². The lowest BCUT2D eigenvalue weighted by Crippen LogP contribution is -2.31. The van der Waals surface area contributed by atoms with Crippen LogP contribution in [0.15, 0.2) is 0 Å². The molecule has 6 atom stereocenters. The van der Waals surface area contributed by atoms with E-state index in [2.05, 4.69) is 25.4 Å². The van der Waals surface area contributed by atoms with Gasteiger partial charge in [-0.2, -0.15) is 0 Å². The first kappa shape index (κ1) is 58.5. The van der Waals surface area contributed by atoms with Crippen molar-refractivity contribution in [2.24, 2.45) is 0 Å². The number of ether oxygens (including phenoxy) is 8. The zero-order chi connectivity index (χ0) is 43.4. The molecule has 0 aliphatic rings. The second-order valence-corrected chi connectivity index (χ2v) is 15.6. The lowest BCUT2D eigenvalue weighted by molar-refractivity contribution is -0.195. The smallest absolute Gasteiger partial charge is 0.306 e. The average molecular weight is 854 g/mol. The maximum Gasteiger partial charge on any atom is 0.306 e. The summed E-state index contributed by atoms with van der Waals surface area (Å²) in [5.74, 6) is -2.32. The van der Waals surface area contributed by atoms with E-state index in [1.165, 1.54) is 21.3 Å². The van der Waals surface area contributed by atoms with E-state index in [1.54, 1.807) is 10.8 Å². The Hall–Kier alpha value is -1.82. The van der Waals surface area contributed by atoms with Crippen LogP contribution in [0, 0.1) is 0 Å². The summed E-state index contributed by atoms with van der Waals surface area (Å²) in [6.07, 6.45) is 2.42. The third kappa shape index (κ3) is 35.4. The average Bonchev–Trinajstić information content (AvgIpc) is 3.19. The van der Waals surface area contributed by atoms with Crippen molar-refractivity contribution in [1.29, 1.82) is 0 Å². The number of aliphatic carboxylic acids is 1. The number of amides is 1. The van der Waals surface area contributed by atoms with Gasteiger partial charge in [0.2, 0.25) is 5.91 Å². The summed E-state index contributed by atoms with van der Waals surface area (Å²) in [5.41, 5.74) is 0. The molecule has 20 heteroatoms. The Balaban J connectivity index is -0.000000830. The highest BCUT2D eigenvalue weighted by Crippen LogP contribution is 2.36. The van der Waals surface area contributed by atoms with Crippen LogP contribution >= 0.6 is 21.6 Å². The van der Waals surface area contributed by atoms with Crippen molar-refractivity contribution < 1.29 is 82.6 Å². The number of carbonyl (C=O) groups is 4. The molecule has 0 aromatic carbocycles. The maximum absolute atomic E-state index is 11.8. The SMILES string of the molecule is CCC(CO)OC(CO)OC.CCC(CO)OC(COC(=O)CCC(=O)NCCCC(C)(C)SSC)OC.CCC(CO)OC(COC(=O)CCC(=O)O)OC. The van der Waals surface area contributed by atoms with E-state index in [9.17, 15) is 19.2 Å². The molecule has 0 spiro atoms. The fourth-order valence-corrected chi connectivity index (χ4v) is 6.22. The topological polar surface area (TPSA) is 255 Å². The Morgan fingerprint density at radius 1 is 0.643 bits per heavy atom. The molecule has 0 aromatic heterocycles. The Morgan fingerprint density at radius 2 is 1.05 bits per heavy atom. The molecule has 0 radical (unpaired) electrons. The first-order chi connectivity index (χ1) is 26.6. The molecular formula is C36H71NO17S2.